The second-order valence-electron chi connectivity index (χ2n) is 9.35. The molecule has 190 valence electrons. The van der Waals surface area contributed by atoms with Gasteiger partial charge in [0.15, 0.2) is 0 Å². The van der Waals surface area contributed by atoms with Gasteiger partial charge in [0.05, 0.1) is 16.8 Å². The Hall–Kier alpha value is -3.47. The summed E-state index contributed by atoms with van der Waals surface area (Å²) in [6, 6.07) is 12.0. The molecular formula is C25H27F2N5O3S. The standard InChI is InChI=1S/C25H27F2N5O3S/c1-30-16-18(15-29-30)14-28-24(33)31-12-10-25(11-13-31)17-32(22-5-3-2-4-21(22)25)36(34,35)20-8-6-19(7-9-20)23(26)27/h2-9,15-16,23H,10-14,17H2,1H3,(H,28,33). The molecule has 0 saturated carbocycles. The summed E-state index contributed by atoms with van der Waals surface area (Å²) in [5, 5.41) is 7.02. The number of piperidine rings is 1. The minimum Gasteiger partial charge on any atom is -0.334 e. The van der Waals surface area contributed by atoms with Crippen molar-refractivity contribution in [3.63, 3.8) is 0 Å². The van der Waals surface area contributed by atoms with Gasteiger partial charge < -0.3 is 10.2 Å². The van der Waals surface area contributed by atoms with Crippen LogP contribution in [-0.4, -0.2) is 48.8 Å². The molecule has 1 spiro atoms. The van der Waals surface area contributed by atoms with Crippen LogP contribution in [0.3, 0.4) is 0 Å². The van der Waals surface area contributed by atoms with E-state index < -0.39 is 21.9 Å². The van der Waals surface area contributed by atoms with Crippen molar-refractivity contribution >= 4 is 21.7 Å². The van der Waals surface area contributed by atoms with Gasteiger partial charge in [0.2, 0.25) is 0 Å². The largest absolute Gasteiger partial charge is 0.334 e. The summed E-state index contributed by atoms with van der Waals surface area (Å²) < 4.78 is 56.1. The molecule has 2 aliphatic rings. The van der Waals surface area contributed by atoms with Crippen LogP contribution >= 0.6 is 0 Å². The van der Waals surface area contributed by atoms with Crippen LogP contribution in [0, 0.1) is 0 Å². The maximum atomic E-state index is 13.6. The number of alkyl halides is 2. The van der Waals surface area contributed by atoms with E-state index in [9.17, 15) is 22.0 Å². The third-order valence-corrected chi connectivity index (χ3v) is 8.89. The summed E-state index contributed by atoms with van der Waals surface area (Å²) in [4.78, 5) is 14.5. The number of amides is 2. The predicted octanol–water partition coefficient (Wildman–Crippen LogP) is 3.81. The first-order valence-corrected chi connectivity index (χ1v) is 13.1. The fraction of sp³-hybridized carbons (Fsp3) is 0.360. The second kappa shape index (κ2) is 9.20. The lowest BCUT2D eigenvalue weighted by atomic mass is 9.74. The smallest absolute Gasteiger partial charge is 0.317 e. The molecule has 5 rings (SSSR count). The zero-order valence-electron chi connectivity index (χ0n) is 19.8. The third kappa shape index (κ3) is 4.32. The average Bonchev–Trinajstić information content (AvgIpc) is 3.45. The summed E-state index contributed by atoms with van der Waals surface area (Å²) in [5.74, 6) is 0. The molecule has 0 radical (unpaired) electrons. The first-order chi connectivity index (χ1) is 17.2. The molecule has 2 amide bonds. The highest BCUT2D eigenvalue weighted by Crippen LogP contribution is 2.48. The first kappa shape index (κ1) is 24.2. The van der Waals surface area contributed by atoms with Gasteiger partial charge in [-0.15, -0.1) is 0 Å². The molecule has 1 fully saturated rings. The average molecular weight is 516 g/mol. The Morgan fingerprint density at radius 1 is 1.11 bits per heavy atom. The van der Waals surface area contributed by atoms with E-state index in [4.69, 9.17) is 0 Å². The number of rotatable bonds is 5. The summed E-state index contributed by atoms with van der Waals surface area (Å²) in [5.41, 5.74) is 1.80. The number of likely N-dealkylation sites (tertiary alicyclic amines) is 1. The Morgan fingerprint density at radius 2 is 1.81 bits per heavy atom. The van der Waals surface area contributed by atoms with E-state index in [1.54, 1.807) is 27.9 Å². The maximum absolute atomic E-state index is 13.6. The first-order valence-electron chi connectivity index (χ1n) is 11.7. The zero-order chi connectivity index (χ0) is 25.5. The molecule has 3 aromatic rings. The second-order valence-corrected chi connectivity index (χ2v) is 11.2. The molecule has 2 aromatic carbocycles. The number of anilines is 1. The van der Waals surface area contributed by atoms with E-state index in [0.717, 1.165) is 23.3 Å². The Bertz CT molecular complexity index is 1370. The maximum Gasteiger partial charge on any atom is 0.317 e. The number of urea groups is 1. The quantitative estimate of drug-likeness (QED) is 0.560. The molecule has 36 heavy (non-hydrogen) atoms. The van der Waals surface area contributed by atoms with E-state index in [1.165, 1.54) is 16.4 Å². The topological polar surface area (TPSA) is 87.5 Å². The predicted molar refractivity (Wildman–Crippen MR) is 130 cm³/mol. The van der Waals surface area contributed by atoms with Gasteiger partial charge in [0.25, 0.3) is 16.4 Å². The van der Waals surface area contributed by atoms with Crippen LogP contribution in [0.25, 0.3) is 0 Å². The molecule has 8 nitrogen and oxygen atoms in total. The number of carbonyl (C=O) groups is 1. The van der Waals surface area contributed by atoms with Crippen molar-refractivity contribution in [1.29, 1.82) is 0 Å². The number of nitrogens with one attached hydrogen (secondary N) is 1. The fourth-order valence-electron chi connectivity index (χ4n) is 5.13. The Kier molecular flexibility index (Phi) is 6.19. The molecule has 0 unspecified atom stereocenters. The van der Waals surface area contributed by atoms with Crippen LogP contribution in [0.1, 0.15) is 36.0 Å². The lowest BCUT2D eigenvalue weighted by molar-refractivity contribution is 0.151. The molecule has 1 saturated heterocycles. The zero-order valence-corrected chi connectivity index (χ0v) is 20.6. The summed E-state index contributed by atoms with van der Waals surface area (Å²) in [6.45, 7) is 1.61. The molecule has 3 heterocycles. The van der Waals surface area contributed by atoms with Crippen molar-refractivity contribution in [2.75, 3.05) is 23.9 Å². The lowest BCUT2D eigenvalue weighted by Gasteiger charge is -2.39. The van der Waals surface area contributed by atoms with Gasteiger partial charge in [0, 0.05) is 56.0 Å². The van der Waals surface area contributed by atoms with Crippen LogP contribution in [0.15, 0.2) is 65.8 Å². The van der Waals surface area contributed by atoms with Gasteiger partial charge in [-0.2, -0.15) is 5.10 Å². The molecular weight excluding hydrogens is 488 g/mol. The van der Waals surface area contributed by atoms with Gasteiger partial charge in [-0.05, 0) is 36.6 Å². The van der Waals surface area contributed by atoms with Gasteiger partial charge in [0.1, 0.15) is 0 Å². The number of sulfonamides is 1. The highest BCUT2D eigenvalue weighted by molar-refractivity contribution is 7.92. The number of carbonyl (C=O) groups excluding carboxylic acids is 1. The molecule has 0 atom stereocenters. The minimum absolute atomic E-state index is 0.0223. The van der Waals surface area contributed by atoms with Crippen molar-refractivity contribution in [3.8, 4) is 0 Å². The highest BCUT2D eigenvalue weighted by Gasteiger charge is 2.48. The number of aromatic nitrogens is 2. The van der Waals surface area contributed by atoms with Gasteiger partial charge >= 0.3 is 6.03 Å². The molecule has 2 aliphatic heterocycles. The lowest BCUT2D eigenvalue weighted by Crippen LogP contribution is -2.50. The number of hydrogen-bond acceptors (Lipinski definition) is 4. The molecule has 1 N–H and O–H groups in total. The SMILES string of the molecule is Cn1cc(CNC(=O)N2CCC3(CC2)CN(S(=O)(=O)c2ccc(C(F)F)cc2)c2ccccc23)cn1. The van der Waals surface area contributed by atoms with Crippen molar-refractivity contribution in [2.45, 2.75) is 36.1 Å². The molecule has 0 aliphatic carbocycles. The van der Waals surface area contributed by atoms with Crippen LogP contribution in [0.2, 0.25) is 0 Å². The normalized spacial score (nSPS) is 17.0. The van der Waals surface area contributed by atoms with E-state index >= 15 is 0 Å². The van der Waals surface area contributed by atoms with Gasteiger partial charge in [-0.25, -0.2) is 22.0 Å². The van der Waals surface area contributed by atoms with Gasteiger partial charge in [-0.3, -0.25) is 8.99 Å². The number of hydrogen-bond donors (Lipinski definition) is 1. The number of fused-ring (bicyclic) bond motifs is 2. The van der Waals surface area contributed by atoms with Crippen molar-refractivity contribution in [1.82, 2.24) is 20.0 Å². The van der Waals surface area contributed by atoms with Crippen molar-refractivity contribution < 1.29 is 22.0 Å². The number of benzene rings is 2. The van der Waals surface area contributed by atoms with Crippen LogP contribution in [0.4, 0.5) is 19.3 Å². The Morgan fingerprint density at radius 3 is 2.44 bits per heavy atom. The molecule has 0 bridgehead atoms. The Labute approximate surface area is 208 Å². The summed E-state index contributed by atoms with van der Waals surface area (Å²) >= 11 is 0. The highest BCUT2D eigenvalue weighted by atomic mass is 32.2. The molecule has 11 heteroatoms. The number of para-hydroxylation sites is 1. The van der Waals surface area contributed by atoms with E-state index in [-0.39, 0.29) is 23.0 Å². The number of halogens is 2. The number of aryl methyl sites for hydroxylation is 1. The van der Waals surface area contributed by atoms with Crippen molar-refractivity contribution in [2.24, 2.45) is 7.05 Å². The molecule has 1 aromatic heterocycles. The van der Waals surface area contributed by atoms with Crippen LogP contribution in [-0.2, 0) is 29.0 Å². The van der Waals surface area contributed by atoms with Crippen LogP contribution < -0.4 is 9.62 Å². The summed E-state index contributed by atoms with van der Waals surface area (Å²) in [6.07, 6.45) is 2.11. The van der Waals surface area contributed by atoms with E-state index in [0.29, 0.717) is 38.2 Å². The van der Waals surface area contributed by atoms with Crippen LogP contribution in [0.5, 0.6) is 0 Å². The summed E-state index contributed by atoms with van der Waals surface area (Å²) in [7, 11) is -2.13. The number of nitrogens with zero attached hydrogens (tertiary/aromatic N) is 4. The Balaban J connectivity index is 1.32. The monoisotopic (exact) mass is 515 g/mol. The van der Waals surface area contributed by atoms with E-state index in [1.807, 2.05) is 25.4 Å². The van der Waals surface area contributed by atoms with Crippen molar-refractivity contribution in [3.05, 3.63) is 77.6 Å². The van der Waals surface area contributed by atoms with Gasteiger partial charge in [-0.1, -0.05) is 30.3 Å². The fourth-order valence-corrected chi connectivity index (χ4v) is 6.70. The minimum atomic E-state index is -3.95. The van der Waals surface area contributed by atoms with E-state index in [2.05, 4.69) is 10.4 Å². The third-order valence-electron chi connectivity index (χ3n) is 7.12.